The lowest BCUT2D eigenvalue weighted by Gasteiger charge is -2.06. The molecule has 4 heteroatoms. The second-order valence-electron chi connectivity index (χ2n) is 4.57. The van der Waals surface area contributed by atoms with Crippen molar-refractivity contribution in [3.05, 3.63) is 47.4 Å². The Bertz CT molecular complexity index is 548. The molecule has 0 fully saturated rings. The number of aryl methyl sites for hydroxylation is 1. The second kappa shape index (κ2) is 7.01. The lowest BCUT2D eigenvalue weighted by molar-refractivity contribution is 0.264. The van der Waals surface area contributed by atoms with Crippen LogP contribution in [0.25, 0.3) is 0 Å². The third-order valence-electron chi connectivity index (χ3n) is 3.03. The first-order valence-electron chi connectivity index (χ1n) is 6.78. The highest BCUT2D eigenvalue weighted by atomic mass is 16.5. The minimum absolute atomic E-state index is 0.417. The summed E-state index contributed by atoms with van der Waals surface area (Å²) >= 11 is 0. The van der Waals surface area contributed by atoms with Crippen molar-refractivity contribution in [2.45, 2.75) is 27.0 Å². The van der Waals surface area contributed by atoms with Gasteiger partial charge in [-0.1, -0.05) is 13.0 Å². The van der Waals surface area contributed by atoms with Gasteiger partial charge in [-0.2, -0.15) is 0 Å². The fourth-order valence-electron chi connectivity index (χ4n) is 1.92. The molecule has 108 valence electrons. The number of furan rings is 1. The average Bonchev–Trinajstić information content (AvgIpc) is 2.83. The van der Waals surface area contributed by atoms with Crippen LogP contribution in [0.15, 0.2) is 34.7 Å². The van der Waals surface area contributed by atoms with Crippen LogP contribution < -0.4 is 14.8 Å². The van der Waals surface area contributed by atoms with E-state index >= 15 is 0 Å². The summed E-state index contributed by atoms with van der Waals surface area (Å²) in [7, 11) is 1.64. The van der Waals surface area contributed by atoms with Gasteiger partial charge in [-0.3, -0.25) is 0 Å². The summed E-state index contributed by atoms with van der Waals surface area (Å²) in [5, 5.41) is 3.26. The van der Waals surface area contributed by atoms with E-state index in [-0.39, 0.29) is 0 Å². The highest BCUT2D eigenvalue weighted by molar-refractivity contribution is 5.33. The molecule has 0 bridgehead atoms. The van der Waals surface area contributed by atoms with Gasteiger partial charge in [0, 0.05) is 6.07 Å². The Labute approximate surface area is 119 Å². The summed E-state index contributed by atoms with van der Waals surface area (Å²) in [5.41, 5.74) is 1.15. The zero-order chi connectivity index (χ0) is 14.4. The Kier molecular flexibility index (Phi) is 5.07. The largest absolute Gasteiger partial charge is 0.497 e. The standard InChI is InChI=1S/C16H21NO3/c1-4-17-10-16-12(2)8-15(20-16)11-19-14-7-5-6-13(9-14)18-3/h5-9,17H,4,10-11H2,1-3H3. The van der Waals surface area contributed by atoms with E-state index in [0.717, 1.165) is 41.7 Å². The fraction of sp³-hybridized carbons (Fsp3) is 0.375. The van der Waals surface area contributed by atoms with Gasteiger partial charge in [-0.05, 0) is 37.2 Å². The Balaban J connectivity index is 1.96. The summed E-state index contributed by atoms with van der Waals surface area (Å²) in [6.45, 7) is 6.22. The number of nitrogens with one attached hydrogen (secondary N) is 1. The van der Waals surface area contributed by atoms with E-state index in [1.807, 2.05) is 37.3 Å². The molecule has 1 N–H and O–H groups in total. The molecule has 0 unspecified atom stereocenters. The predicted octanol–water partition coefficient (Wildman–Crippen LogP) is 3.29. The highest BCUT2D eigenvalue weighted by Gasteiger charge is 2.08. The third-order valence-corrected chi connectivity index (χ3v) is 3.03. The van der Waals surface area contributed by atoms with Crippen molar-refractivity contribution >= 4 is 0 Å². The summed E-state index contributed by atoms with van der Waals surface area (Å²) in [6.07, 6.45) is 0. The number of hydrogen-bond acceptors (Lipinski definition) is 4. The zero-order valence-electron chi connectivity index (χ0n) is 12.2. The normalized spacial score (nSPS) is 10.6. The van der Waals surface area contributed by atoms with Gasteiger partial charge in [0.2, 0.25) is 0 Å². The molecule has 0 amide bonds. The number of rotatable bonds is 7. The van der Waals surface area contributed by atoms with Gasteiger partial charge in [-0.25, -0.2) is 0 Å². The summed E-state index contributed by atoms with van der Waals surface area (Å²) in [6, 6.07) is 9.57. The van der Waals surface area contributed by atoms with Crippen molar-refractivity contribution in [2.75, 3.05) is 13.7 Å². The quantitative estimate of drug-likeness (QED) is 0.842. The first-order chi connectivity index (χ1) is 9.72. The molecule has 2 rings (SSSR count). The van der Waals surface area contributed by atoms with Crippen LogP contribution in [0.1, 0.15) is 24.0 Å². The van der Waals surface area contributed by atoms with Gasteiger partial charge in [0.25, 0.3) is 0 Å². The first-order valence-corrected chi connectivity index (χ1v) is 6.78. The van der Waals surface area contributed by atoms with Crippen molar-refractivity contribution < 1.29 is 13.9 Å². The van der Waals surface area contributed by atoms with Gasteiger partial charge in [0.1, 0.15) is 29.6 Å². The summed E-state index contributed by atoms with van der Waals surface area (Å²) < 4.78 is 16.7. The Morgan fingerprint density at radius 1 is 1.20 bits per heavy atom. The zero-order valence-corrected chi connectivity index (χ0v) is 12.2. The Hall–Kier alpha value is -1.94. The van der Waals surface area contributed by atoms with Crippen molar-refractivity contribution in [1.82, 2.24) is 5.32 Å². The number of methoxy groups -OCH3 is 1. The lowest BCUT2D eigenvalue weighted by atomic mass is 10.2. The van der Waals surface area contributed by atoms with Gasteiger partial charge in [0.15, 0.2) is 0 Å². The molecule has 1 heterocycles. The van der Waals surface area contributed by atoms with Gasteiger partial charge in [0.05, 0.1) is 13.7 Å². The molecule has 2 aromatic rings. The highest BCUT2D eigenvalue weighted by Crippen LogP contribution is 2.21. The van der Waals surface area contributed by atoms with Crippen LogP contribution in [0.5, 0.6) is 11.5 Å². The van der Waals surface area contributed by atoms with Gasteiger partial charge >= 0.3 is 0 Å². The third kappa shape index (κ3) is 3.78. The van der Waals surface area contributed by atoms with Crippen LogP contribution in [-0.4, -0.2) is 13.7 Å². The van der Waals surface area contributed by atoms with E-state index in [1.165, 1.54) is 0 Å². The van der Waals surface area contributed by atoms with Crippen molar-refractivity contribution in [2.24, 2.45) is 0 Å². The summed E-state index contributed by atoms with van der Waals surface area (Å²) in [4.78, 5) is 0. The lowest BCUT2D eigenvalue weighted by Crippen LogP contribution is -2.11. The minimum Gasteiger partial charge on any atom is -0.497 e. The van der Waals surface area contributed by atoms with Gasteiger partial charge in [-0.15, -0.1) is 0 Å². The topological polar surface area (TPSA) is 43.6 Å². The van der Waals surface area contributed by atoms with Crippen LogP contribution >= 0.6 is 0 Å². The molecule has 20 heavy (non-hydrogen) atoms. The maximum atomic E-state index is 5.78. The van der Waals surface area contributed by atoms with E-state index in [9.17, 15) is 0 Å². The van der Waals surface area contributed by atoms with Crippen LogP contribution in [-0.2, 0) is 13.2 Å². The monoisotopic (exact) mass is 275 g/mol. The minimum atomic E-state index is 0.417. The molecule has 0 aliphatic rings. The van der Waals surface area contributed by atoms with E-state index in [4.69, 9.17) is 13.9 Å². The molecule has 0 atom stereocenters. The van der Waals surface area contributed by atoms with E-state index in [2.05, 4.69) is 12.2 Å². The molecule has 0 radical (unpaired) electrons. The van der Waals surface area contributed by atoms with Crippen molar-refractivity contribution in [3.63, 3.8) is 0 Å². The van der Waals surface area contributed by atoms with Gasteiger partial charge < -0.3 is 19.2 Å². The smallest absolute Gasteiger partial charge is 0.146 e. The fourth-order valence-corrected chi connectivity index (χ4v) is 1.92. The maximum Gasteiger partial charge on any atom is 0.146 e. The van der Waals surface area contributed by atoms with Crippen LogP contribution in [0.2, 0.25) is 0 Å². The number of benzene rings is 1. The SMILES string of the molecule is CCNCc1oc(COc2cccc(OC)c2)cc1C. The molecule has 1 aromatic carbocycles. The molecule has 0 aliphatic carbocycles. The Morgan fingerprint density at radius 3 is 2.75 bits per heavy atom. The molecule has 4 nitrogen and oxygen atoms in total. The van der Waals surface area contributed by atoms with Crippen LogP contribution in [0.4, 0.5) is 0 Å². The average molecular weight is 275 g/mol. The molecular weight excluding hydrogens is 254 g/mol. The van der Waals surface area contributed by atoms with Crippen LogP contribution in [0.3, 0.4) is 0 Å². The molecule has 0 spiro atoms. The number of hydrogen-bond donors (Lipinski definition) is 1. The molecule has 0 aliphatic heterocycles. The molecular formula is C16H21NO3. The molecule has 1 aromatic heterocycles. The second-order valence-corrected chi connectivity index (χ2v) is 4.57. The predicted molar refractivity (Wildman–Crippen MR) is 78.2 cm³/mol. The molecule has 0 saturated carbocycles. The van der Waals surface area contributed by atoms with Crippen LogP contribution in [0, 0.1) is 6.92 Å². The van der Waals surface area contributed by atoms with E-state index in [1.54, 1.807) is 7.11 Å². The van der Waals surface area contributed by atoms with E-state index in [0.29, 0.717) is 6.61 Å². The number of ether oxygens (including phenoxy) is 2. The Morgan fingerprint density at radius 2 is 2.00 bits per heavy atom. The van der Waals surface area contributed by atoms with Crippen molar-refractivity contribution in [1.29, 1.82) is 0 Å². The molecule has 0 saturated heterocycles. The maximum absolute atomic E-state index is 5.78. The van der Waals surface area contributed by atoms with E-state index < -0.39 is 0 Å². The summed E-state index contributed by atoms with van der Waals surface area (Å²) in [5.74, 6) is 3.35. The first kappa shape index (κ1) is 14.5. The van der Waals surface area contributed by atoms with Crippen molar-refractivity contribution in [3.8, 4) is 11.5 Å².